The number of nitrogens with zero attached hydrogens (tertiary/aromatic N) is 2. The van der Waals surface area contributed by atoms with Crippen LogP contribution in [0.5, 0.6) is 0 Å². The number of aryl methyl sites for hydroxylation is 2. The summed E-state index contributed by atoms with van der Waals surface area (Å²) in [6.07, 6.45) is 0. The van der Waals surface area contributed by atoms with Crippen LogP contribution in [0.15, 0.2) is 109 Å². The first-order valence-electron chi connectivity index (χ1n) is 14.9. The first-order chi connectivity index (χ1) is 21.7. The van der Waals surface area contributed by atoms with Crippen molar-refractivity contribution in [2.24, 2.45) is 0 Å². The molecule has 0 spiro atoms. The second-order valence-electron chi connectivity index (χ2n) is 11.5. The zero-order valence-corrected chi connectivity index (χ0v) is 34.3. The third-order valence-electron chi connectivity index (χ3n) is 7.18. The Morgan fingerprint density at radius 2 is 0.848 bits per heavy atom. The molecule has 0 saturated heterocycles. The molecule has 0 aliphatic heterocycles. The van der Waals surface area contributed by atoms with Gasteiger partial charge in [0.05, 0.1) is 0 Å². The summed E-state index contributed by atoms with van der Waals surface area (Å²) in [5, 5.41) is 5.34. The van der Waals surface area contributed by atoms with E-state index in [1.54, 1.807) is 0 Å². The molecule has 0 saturated carbocycles. The number of hydrogen-bond donors (Lipinski definition) is 0. The summed E-state index contributed by atoms with van der Waals surface area (Å²) >= 11 is -3.29. The number of halogens is 4. The van der Waals surface area contributed by atoms with Gasteiger partial charge in [-0.2, -0.15) is 12.1 Å². The van der Waals surface area contributed by atoms with Crippen LogP contribution < -0.4 is 9.80 Å². The van der Waals surface area contributed by atoms with Crippen LogP contribution in [0.2, 0.25) is 13.1 Å². The third kappa shape index (κ3) is 11.6. The molecule has 46 heavy (non-hydrogen) atoms. The van der Waals surface area contributed by atoms with Gasteiger partial charge in [-0.3, -0.25) is 0 Å². The zero-order chi connectivity index (χ0) is 34.0. The molecule has 0 heterocycles. The molecule has 0 bridgehead atoms. The molecule has 0 aliphatic rings. The van der Waals surface area contributed by atoms with Crippen molar-refractivity contribution in [3.8, 4) is 22.3 Å². The van der Waals surface area contributed by atoms with Crippen LogP contribution in [-0.2, 0) is 15.5 Å². The topological polar surface area (TPSA) is 6.48 Å². The number of rotatable bonds is 4. The van der Waals surface area contributed by atoms with Gasteiger partial charge in [0, 0.05) is 49.1 Å². The van der Waals surface area contributed by atoms with E-state index >= 15 is 0 Å². The molecule has 0 N–H and O–H groups in total. The van der Waals surface area contributed by atoms with Crippen molar-refractivity contribution in [3.63, 3.8) is 0 Å². The van der Waals surface area contributed by atoms with Gasteiger partial charge in [0.2, 0.25) is 0 Å². The molecule has 0 fully saturated rings. The second-order valence-corrected chi connectivity index (χ2v) is 34.9. The number of hydrogen-bond acceptors (Lipinski definition) is 2. The minimum atomic E-state index is -3.29. The summed E-state index contributed by atoms with van der Waals surface area (Å²) in [4.78, 5) is 4.24. The quantitative estimate of drug-likeness (QED) is 0.130. The zero-order valence-electron chi connectivity index (χ0n) is 27.8. The average molecular weight is 788 g/mol. The van der Waals surface area contributed by atoms with Gasteiger partial charge in [-0.1, -0.05) is 74.5 Å². The van der Waals surface area contributed by atoms with Crippen molar-refractivity contribution in [2.75, 3.05) is 38.0 Å². The van der Waals surface area contributed by atoms with E-state index < -0.39 is 15.5 Å². The van der Waals surface area contributed by atoms with Crippen molar-refractivity contribution in [1.29, 1.82) is 0 Å². The summed E-state index contributed by atoms with van der Waals surface area (Å²) < 4.78 is 0. The van der Waals surface area contributed by atoms with Gasteiger partial charge in [0.15, 0.2) is 0 Å². The molecule has 2 nitrogen and oxygen atoms in total. The molecule has 2 radical (unpaired) electrons. The fourth-order valence-electron chi connectivity index (χ4n) is 5.15. The fraction of sp³-hybridized carbons (Fsp3) is 0.211. The number of benzene rings is 4. The molecular formula is C38H42Cl4N2SiZr-2. The molecule has 0 atom stereocenters. The maximum atomic E-state index is 5.04. The van der Waals surface area contributed by atoms with Gasteiger partial charge < -0.3 is 9.80 Å². The molecular weight excluding hydrogens is 746 g/mol. The fourth-order valence-corrected chi connectivity index (χ4v) is 5.15. The Labute approximate surface area is 297 Å². The molecule has 6 rings (SSSR count). The standard InChI is InChI=1S/2C18H18N.C2H6Si.4ClH.Zr/c2*1-13-11-15-5-4-6-17(18(15)12-13)14-7-9-16(10-8-14)19(2)3;1-3-2;;;;;/h2*4-12H,1-3H3;1-2H3;4*1H;/q2*-1;;;;;;+4/p-4. The Morgan fingerprint density at radius 3 is 1.13 bits per heavy atom. The summed E-state index contributed by atoms with van der Waals surface area (Å²) in [7, 11) is 29.5. The van der Waals surface area contributed by atoms with Gasteiger partial charge in [-0.15, -0.1) is 69.1 Å². The van der Waals surface area contributed by atoms with Crippen LogP contribution >= 0.6 is 34.1 Å². The molecule has 0 aromatic heterocycles. The van der Waals surface area contributed by atoms with Gasteiger partial charge >= 0.3 is 49.5 Å². The predicted octanol–water partition coefficient (Wildman–Crippen LogP) is 12.7. The van der Waals surface area contributed by atoms with E-state index in [4.69, 9.17) is 34.1 Å². The monoisotopic (exact) mass is 784 g/mol. The Kier molecular flexibility index (Phi) is 15.0. The molecule has 0 amide bonds. The minimum absolute atomic E-state index is 1.08. The van der Waals surface area contributed by atoms with E-state index in [1.807, 2.05) is 0 Å². The molecule has 6 aromatic carbocycles. The van der Waals surface area contributed by atoms with E-state index in [-0.39, 0.29) is 0 Å². The van der Waals surface area contributed by atoms with Crippen LogP contribution in [0, 0.1) is 13.8 Å². The van der Waals surface area contributed by atoms with E-state index in [0.29, 0.717) is 0 Å². The Morgan fingerprint density at radius 1 is 0.543 bits per heavy atom. The number of anilines is 2. The summed E-state index contributed by atoms with van der Waals surface area (Å²) in [6, 6.07) is 39.5. The maximum absolute atomic E-state index is 5.04. The van der Waals surface area contributed by atoms with E-state index in [2.05, 4.69) is 174 Å². The van der Waals surface area contributed by atoms with Crippen LogP contribution in [0.4, 0.5) is 11.4 Å². The van der Waals surface area contributed by atoms with E-state index in [0.717, 1.165) is 9.52 Å². The molecule has 6 aromatic rings. The SMILES string of the molecule is C[Si]C.Cc1cc2c(-c3ccc(N(C)C)cc3)cccc2[cH-]1.Cc1cc2c(-c3ccc(N(C)C)cc3)cccc2[cH-]1.[Cl][Zr]([Cl])([Cl])[Cl]. The molecule has 0 aliphatic carbocycles. The van der Waals surface area contributed by atoms with Crippen LogP contribution in [0.1, 0.15) is 11.1 Å². The van der Waals surface area contributed by atoms with E-state index in [1.165, 1.54) is 66.3 Å². The van der Waals surface area contributed by atoms with Crippen molar-refractivity contribution in [2.45, 2.75) is 26.9 Å². The van der Waals surface area contributed by atoms with Gasteiger partial charge in [0.1, 0.15) is 0 Å². The van der Waals surface area contributed by atoms with Crippen molar-refractivity contribution >= 4 is 76.5 Å². The van der Waals surface area contributed by atoms with Gasteiger partial charge in [-0.05, 0) is 35.4 Å². The average Bonchev–Trinajstić information content (AvgIpc) is 3.57. The molecule has 0 unspecified atom stereocenters. The van der Waals surface area contributed by atoms with Crippen LogP contribution in [-0.4, -0.2) is 37.7 Å². The van der Waals surface area contributed by atoms with E-state index in [9.17, 15) is 0 Å². The molecule has 8 heteroatoms. The Balaban J connectivity index is 0.000000204. The van der Waals surface area contributed by atoms with Crippen molar-refractivity contribution in [1.82, 2.24) is 0 Å². The molecule has 242 valence electrons. The van der Waals surface area contributed by atoms with Crippen LogP contribution in [0.3, 0.4) is 0 Å². The van der Waals surface area contributed by atoms with Crippen molar-refractivity contribution in [3.05, 3.63) is 120 Å². The van der Waals surface area contributed by atoms with Gasteiger partial charge in [-0.25, -0.2) is 0 Å². The second kappa shape index (κ2) is 17.9. The van der Waals surface area contributed by atoms with Crippen LogP contribution in [0.25, 0.3) is 43.8 Å². The first kappa shape index (κ1) is 38.4. The van der Waals surface area contributed by atoms with Crippen molar-refractivity contribution < 1.29 is 15.5 Å². The summed E-state index contributed by atoms with van der Waals surface area (Å²) in [5.41, 5.74) is 10.3. The first-order valence-corrected chi connectivity index (χ1v) is 29.6. The third-order valence-corrected chi connectivity index (χ3v) is 7.18. The van der Waals surface area contributed by atoms with Gasteiger partial charge in [0.25, 0.3) is 0 Å². The number of fused-ring (bicyclic) bond motifs is 2. The predicted molar refractivity (Wildman–Crippen MR) is 209 cm³/mol. The normalized spacial score (nSPS) is 10.7. The summed E-state index contributed by atoms with van der Waals surface area (Å²) in [6.45, 7) is 8.61. The Hall–Kier alpha value is -2.04. The summed E-state index contributed by atoms with van der Waals surface area (Å²) in [5.74, 6) is 0. The Bertz CT molecular complexity index is 1670.